The lowest BCUT2D eigenvalue weighted by atomic mass is 9.99. The molecule has 0 spiro atoms. The van der Waals surface area contributed by atoms with E-state index >= 15 is 0 Å². The number of halogens is 1. The predicted octanol–water partition coefficient (Wildman–Crippen LogP) is 1.41. The minimum absolute atomic E-state index is 0. The van der Waals surface area contributed by atoms with E-state index in [2.05, 4.69) is 15.3 Å². The van der Waals surface area contributed by atoms with Crippen molar-refractivity contribution in [1.82, 2.24) is 24.9 Å². The molecule has 3 saturated heterocycles. The Hall–Kier alpha value is -1.15. The Labute approximate surface area is 167 Å². The minimum atomic E-state index is 0. The second kappa shape index (κ2) is 9.87. The molecule has 27 heavy (non-hydrogen) atoms. The minimum Gasteiger partial charge on any atom is -0.381 e. The molecule has 3 fully saturated rings. The SMILES string of the molecule is Cl.O=C(c1ccn(C2CCCNC2)n1)N1CCN(CC2CCOCC2)CC1. The summed E-state index contributed by atoms with van der Waals surface area (Å²) in [4.78, 5) is 17.3. The average Bonchev–Trinajstić information content (AvgIpc) is 3.20. The van der Waals surface area contributed by atoms with Gasteiger partial charge in [0, 0.05) is 58.7 Å². The van der Waals surface area contributed by atoms with Crippen LogP contribution in [0.3, 0.4) is 0 Å². The highest BCUT2D eigenvalue weighted by Gasteiger charge is 2.26. The molecule has 4 heterocycles. The summed E-state index contributed by atoms with van der Waals surface area (Å²) in [6.45, 7) is 8.54. The zero-order valence-electron chi connectivity index (χ0n) is 16.0. The van der Waals surface area contributed by atoms with E-state index < -0.39 is 0 Å². The fourth-order valence-corrected chi connectivity index (χ4v) is 4.30. The van der Waals surface area contributed by atoms with Gasteiger partial charge in [0.25, 0.3) is 5.91 Å². The van der Waals surface area contributed by atoms with Gasteiger partial charge in [-0.05, 0) is 44.2 Å². The molecule has 0 bridgehead atoms. The van der Waals surface area contributed by atoms with Gasteiger partial charge >= 0.3 is 0 Å². The number of hydrogen-bond donors (Lipinski definition) is 1. The van der Waals surface area contributed by atoms with Gasteiger partial charge in [0.2, 0.25) is 0 Å². The van der Waals surface area contributed by atoms with Crippen LogP contribution in [0.4, 0.5) is 0 Å². The first kappa shape index (κ1) is 20.6. The first-order chi connectivity index (χ1) is 12.8. The number of nitrogens with one attached hydrogen (secondary N) is 1. The van der Waals surface area contributed by atoms with Gasteiger partial charge in [-0.1, -0.05) is 0 Å². The molecule has 0 aromatic carbocycles. The number of rotatable bonds is 4. The summed E-state index contributed by atoms with van der Waals surface area (Å²) in [5, 5.41) is 7.98. The van der Waals surface area contributed by atoms with Gasteiger partial charge in [-0.2, -0.15) is 5.10 Å². The van der Waals surface area contributed by atoms with E-state index in [-0.39, 0.29) is 18.3 Å². The molecule has 1 N–H and O–H groups in total. The summed E-state index contributed by atoms with van der Waals surface area (Å²) in [7, 11) is 0. The first-order valence-electron chi connectivity index (χ1n) is 10.1. The lowest BCUT2D eigenvalue weighted by Crippen LogP contribution is -2.50. The van der Waals surface area contributed by atoms with Gasteiger partial charge < -0.3 is 15.0 Å². The number of piperidine rings is 1. The summed E-state index contributed by atoms with van der Waals surface area (Å²) >= 11 is 0. The van der Waals surface area contributed by atoms with Crippen LogP contribution in [0.1, 0.15) is 42.2 Å². The second-order valence-electron chi connectivity index (χ2n) is 7.83. The number of ether oxygens (including phenoxy) is 1. The van der Waals surface area contributed by atoms with Crippen molar-refractivity contribution < 1.29 is 9.53 Å². The molecule has 0 radical (unpaired) electrons. The van der Waals surface area contributed by atoms with Crippen molar-refractivity contribution in [1.29, 1.82) is 0 Å². The monoisotopic (exact) mass is 397 g/mol. The number of carbonyl (C=O) groups excluding carboxylic acids is 1. The van der Waals surface area contributed by atoms with Crippen LogP contribution in [0.5, 0.6) is 0 Å². The molecule has 0 saturated carbocycles. The highest BCUT2D eigenvalue weighted by atomic mass is 35.5. The standard InChI is InChI=1S/C19H31N5O2.ClH/c25-19(18-3-7-24(21-18)17-2-1-6-20-14-17)23-10-8-22(9-11-23)15-16-4-12-26-13-5-16;/h3,7,16-17,20H,1-2,4-6,8-15H2;1H. The zero-order valence-corrected chi connectivity index (χ0v) is 16.8. The van der Waals surface area contributed by atoms with Crippen molar-refractivity contribution in [2.45, 2.75) is 31.7 Å². The number of piperazine rings is 1. The Kier molecular flexibility index (Phi) is 7.52. The molecule has 3 aliphatic rings. The summed E-state index contributed by atoms with van der Waals surface area (Å²) in [5.74, 6) is 0.837. The van der Waals surface area contributed by atoms with Crippen molar-refractivity contribution in [3.05, 3.63) is 18.0 Å². The second-order valence-corrected chi connectivity index (χ2v) is 7.83. The smallest absolute Gasteiger partial charge is 0.274 e. The van der Waals surface area contributed by atoms with Gasteiger partial charge in [-0.25, -0.2) is 0 Å². The number of nitrogens with zero attached hydrogens (tertiary/aromatic N) is 4. The lowest BCUT2D eigenvalue weighted by Gasteiger charge is -2.37. The molecular weight excluding hydrogens is 366 g/mol. The maximum Gasteiger partial charge on any atom is 0.274 e. The van der Waals surface area contributed by atoms with Crippen LogP contribution in [0, 0.1) is 5.92 Å². The third-order valence-corrected chi connectivity index (χ3v) is 5.99. The molecule has 1 aromatic rings. The van der Waals surface area contributed by atoms with Crippen LogP contribution in [0.25, 0.3) is 0 Å². The highest BCUT2D eigenvalue weighted by molar-refractivity contribution is 5.92. The van der Waals surface area contributed by atoms with E-state index in [0.717, 1.165) is 71.4 Å². The molecule has 3 aliphatic heterocycles. The van der Waals surface area contributed by atoms with Crippen molar-refractivity contribution in [2.75, 3.05) is 59.0 Å². The Morgan fingerprint density at radius 3 is 2.67 bits per heavy atom. The van der Waals surface area contributed by atoms with Gasteiger partial charge in [0.15, 0.2) is 0 Å². The Balaban J connectivity index is 0.00000210. The first-order valence-corrected chi connectivity index (χ1v) is 10.1. The molecule has 152 valence electrons. The van der Waals surface area contributed by atoms with Gasteiger partial charge in [-0.3, -0.25) is 14.4 Å². The van der Waals surface area contributed by atoms with Gasteiger partial charge in [-0.15, -0.1) is 12.4 Å². The molecule has 0 aliphatic carbocycles. The Bertz CT molecular complexity index is 591. The quantitative estimate of drug-likeness (QED) is 0.832. The molecule has 7 nitrogen and oxygen atoms in total. The van der Waals surface area contributed by atoms with Gasteiger partial charge in [0.1, 0.15) is 5.69 Å². The van der Waals surface area contributed by atoms with E-state index in [9.17, 15) is 4.79 Å². The summed E-state index contributed by atoms with van der Waals surface area (Å²) in [6.07, 6.45) is 6.61. The lowest BCUT2D eigenvalue weighted by molar-refractivity contribution is 0.0391. The van der Waals surface area contributed by atoms with Crippen molar-refractivity contribution in [3.63, 3.8) is 0 Å². The largest absolute Gasteiger partial charge is 0.381 e. The summed E-state index contributed by atoms with van der Waals surface area (Å²) in [6, 6.07) is 2.26. The maximum absolute atomic E-state index is 12.8. The summed E-state index contributed by atoms with van der Waals surface area (Å²) < 4.78 is 7.42. The Morgan fingerprint density at radius 1 is 1.19 bits per heavy atom. The van der Waals surface area contributed by atoms with Crippen LogP contribution in [-0.4, -0.2) is 84.5 Å². The van der Waals surface area contributed by atoms with Crippen LogP contribution >= 0.6 is 12.4 Å². The van der Waals surface area contributed by atoms with Crippen LogP contribution < -0.4 is 5.32 Å². The molecule has 8 heteroatoms. The van der Waals surface area contributed by atoms with Gasteiger partial charge in [0.05, 0.1) is 6.04 Å². The van der Waals surface area contributed by atoms with E-state index in [1.54, 1.807) is 0 Å². The molecule has 4 rings (SSSR count). The van der Waals surface area contributed by atoms with Crippen molar-refractivity contribution >= 4 is 18.3 Å². The van der Waals surface area contributed by atoms with Crippen LogP contribution in [-0.2, 0) is 4.74 Å². The average molecular weight is 398 g/mol. The molecule has 1 atom stereocenters. The highest BCUT2D eigenvalue weighted by Crippen LogP contribution is 2.19. The third-order valence-electron chi connectivity index (χ3n) is 5.99. The maximum atomic E-state index is 12.8. The van der Waals surface area contributed by atoms with Crippen molar-refractivity contribution in [2.24, 2.45) is 5.92 Å². The zero-order chi connectivity index (χ0) is 17.8. The number of aromatic nitrogens is 2. The summed E-state index contributed by atoms with van der Waals surface area (Å²) in [5.41, 5.74) is 0.591. The molecule has 1 amide bonds. The van der Waals surface area contributed by atoms with E-state index in [4.69, 9.17) is 4.74 Å². The van der Waals surface area contributed by atoms with Crippen LogP contribution in [0.2, 0.25) is 0 Å². The third kappa shape index (κ3) is 5.22. The van der Waals surface area contributed by atoms with E-state index in [1.807, 2.05) is 21.8 Å². The topological polar surface area (TPSA) is 62.6 Å². The fraction of sp³-hybridized carbons (Fsp3) is 0.789. The van der Waals surface area contributed by atoms with E-state index in [0.29, 0.717) is 11.7 Å². The molecule has 1 unspecified atom stereocenters. The Morgan fingerprint density at radius 2 is 1.96 bits per heavy atom. The normalized spacial score (nSPS) is 25.2. The number of amides is 1. The fourth-order valence-electron chi connectivity index (χ4n) is 4.30. The van der Waals surface area contributed by atoms with E-state index in [1.165, 1.54) is 19.3 Å². The number of hydrogen-bond acceptors (Lipinski definition) is 5. The molecule has 1 aromatic heterocycles. The van der Waals surface area contributed by atoms with Crippen LogP contribution in [0.15, 0.2) is 12.3 Å². The number of carbonyl (C=O) groups is 1. The van der Waals surface area contributed by atoms with Crippen molar-refractivity contribution in [3.8, 4) is 0 Å². The predicted molar refractivity (Wildman–Crippen MR) is 107 cm³/mol. The molecular formula is C19H32ClN5O2.